The van der Waals surface area contributed by atoms with Gasteiger partial charge in [-0.2, -0.15) is 0 Å². The number of ether oxygens (including phenoxy) is 1. The van der Waals surface area contributed by atoms with E-state index in [1.165, 1.54) is 0 Å². The molecular formula is C4H8O. The second-order valence-electron chi connectivity index (χ2n) is 0.683. The maximum Gasteiger partial charge on any atom is 0.0641 e. The summed E-state index contributed by atoms with van der Waals surface area (Å²) in [7, 11) is 1.54. The number of methoxy groups -OCH3 is 1. The molecule has 5 heavy (non-hydrogen) atoms. The molecule has 0 aliphatic rings. The van der Waals surface area contributed by atoms with Crippen molar-refractivity contribution in [2.75, 3.05) is 13.7 Å². The zero-order chi connectivity index (χ0) is 4.99. The molecule has 0 atom stereocenters. The van der Waals surface area contributed by atoms with Crippen molar-refractivity contribution in [1.29, 1.82) is 0 Å². The van der Waals surface area contributed by atoms with Gasteiger partial charge in [0.25, 0.3) is 0 Å². The molecule has 0 aliphatic carbocycles. The summed E-state index contributed by atoms with van der Waals surface area (Å²) < 4.78 is 11.2. The normalized spacial score (nSPS) is 10.2. The van der Waals surface area contributed by atoms with E-state index >= 15 is 0 Å². The fourth-order valence-electron chi connectivity index (χ4n) is 0.102. The third-order valence-corrected chi connectivity index (χ3v) is 0.246. The van der Waals surface area contributed by atoms with Crippen molar-refractivity contribution < 1.29 is 6.11 Å². The van der Waals surface area contributed by atoms with Crippen LogP contribution in [0.15, 0.2) is 12.6 Å². The molecule has 0 aromatic carbocycles. The highest BCUT2D eigenvalue weighted by Gasteiger charge is 1.58. The van der Waals surface area contributed by atoms with Gasteiger partial charge in [-0.15, -0.1) is 6.58 Å². The van der Waals surface area contributed by atoms with Gasteiger partial charge in [0.15, 0.2) is 0 Å². The van der Waals surface area contributed by atoms with E-state index < -0.39 is 0 Å². The van der Waals surface area contributed by atoms with Gasteiger partial charge in [-0.1, -0.05) is 6.05 Å². The number of hydrogen-bond donors (Lipinski definition) is 0. The highest BCUT2D eigenvalue weighted by molar-refractivity contribution is 4.62. The van der Waals surface area contributed by atoms with Crippen molar-refractivity contribution in [3.05, 3.63) is 12.6 Å². The summed E-state index contributed by atoms with van der Waals surface area (Å²) in [6.45, 7) is 3.63. The third kappa shape index (κ3) is 3.70. The van der Waals surface area contributed by atoms with Gasteiger partial charge < -0.3 is 4.74 Å². The van der Waals surface area contributed by atoms with Crippen molar-refractivity contribution in [3.63, 3.8) is 0 Å². The van der Waals surface area contributed by atoms with E-state index in [4.69, 9.17) is 1.37 Å². The average molecular weight is 73.1 g/mol. The fourth-order valence-corrected chi connectivity index (χ4v) is 0.102. The maximum atomic E-state index is 6.66. The van der Waals surface area contributed by atoms with Crippen molar-refractivity contribution in [2.24, 2.45) is 0 Å². The Bertz CT molecular complexity index is 51.5. The molecule has 0 unspecified atom stereocenters. The predicted octanol–water partition coefficient (Wildman–Crippen LogP) is 0.819. The molecule has 1 heteroatoms. The van der Waals surface area contributed by atoms with Crippen LogP contribution in [0, 0.1) is 0 Å². The molecule has 0 rings (SSSR count). The van der Waals surface area contributed by atoms with Crippen molar-refractivity contribution in [1.82, 2.24) is 0 Å². The summed E-state index contributed by atoms with van der Waals surface area (Å²) in [6, 6.07) is 0.317. The number of rotatable bonds is 2. The minimum absolute atomic E-state index is 0.317. The topological polar surface area (TPSA) is 9.23 Å². The van der Waals surface area contributed by atoms with Gasteiger partial charge in [0.1, 0.15) is 0 Å². The average Bonchev–Trinajstić information content (AvgIpc) is 1.35. The first-order valence-corrected chi connectivity index (χ1v) is 1.40. The summed E-state index contributed by atoms with van der Waals surface area (Å²) in [5.74, 6) is 0. The summed E-state index contributed by atoms with van der Waals surface area (Å²) in [6.07, 6.45) is 0. The van der Waals surface area contributed by atoms with Crippen LogP contribution in [0.25, 0.3) is 0 Å². The van der Waals surface area contributed by atoms with Crippen molar-refractivity contribution in [3.8, 4) is 0 Å². The van der Waals surface area contributed by atoms with Gasteiger partial charge in [-0.25, -0.2) is 0 Å². The van der Waals surface area contributed by atoms with Gasteiger partial charge in [0, 0.05) is 7.11 Å². The SMILES string of the molecule is [2H]C(=C)COC. The largest absolute Gasteiger partial charge is 0.381 e. The summed E-state index contributed by atoms with van der Waals surface area (Å²) in [4.78, 5) is 0. The molecule has 0 fully saturated rings. The lowest BCUT2D eigenvalue weighted by Gasteiger charge is -1.79. The minimum atomic E-state index is 0.317. The van der Waals surface area contributed by atoms with E-state index in [2.05, 4.69) is 11.3 Å². The molecule has 0 heterocycles. The fraction of sp³-hybridized carbons (Fsp3) is 0.500. The molecular weight excluding hydrogens is 64.0 g/mol. The van der Waals surface area contributed by atoms with Crippen LogP contribution in [-0.2, 0) is 4.74 Å². The Morgan fingerprint density at radius 2 is 3.00 bits per heavy atom. The van der Waals surface area contributed by atoms with Gasteiger partial charge in [-0.3, -0.25) is 0 Å². The predicted molar refractivity (Wildman–Crippen MR) is 22.1 cm³/mol. The molecule has 0 aromatic heterocycles. The zero-order valence-corrected chi connectivity index (χ0v) is 3.32. The molecule has 1 nitrogen and oxygen atoms in total. The first-order valence-electron chi connectivity index (χ1n) is 1.90. The molecule has 0 saturated heterocycles. The first kappa shape index (κ1) is 2.91. The Hall–Kier alpha value is -0.300. The third-order valence-electron chi connectivity index (χ3n) is 0.246. The quantitative estimate of drug-likeness (QED) is 0.440. The van der Waals surface area contributed by atoms with Crippen molar-refractivity contribution in [2.45, 2.75) is 0 Å². The maximum absolute atomic E-state index is 6.66. The zero-order valence-electron chi connectivity index (χ0n) is 4.32. The van der Waals surface area contributed by atoms with Crippen LogP contribution in [0.5, 0.6) is 0 Å². The van der Waals surface area contributed by atoms with E-state index in [9.17, 15) is 0 Å². The van der Waals surface area contributed by atoms with Crippen LogP contribution in [-0.4, -0.2) is 13.7 Å². The van der Waals surface area contributed by atoms with Crippen molar-refractivity contribution >= 4 is 0 Å². The summed E-state index contributed by atoms with van der Waals surface area (Å²) in [5, 5.41) is 0. The van der Waals surface area contributed by atoms with Gasteiger partial charge in [0.05, 0.1) is 7.98 Å². The Labute approximate surface area is 33.7 Å². The Balaban J connectivity index is 2.83. The van der Waals surface area contributed by atoms with Crippen LogP contribution in [0.3, 0.4) is 0 Å². The molecule has 0 amide bonds. The Morgan fingerprint density at radius 3 is 3.00 bits per heavy atom. The molecule has 30 valence electrons. The molecule has 0 radical (unpaired) electrons. The van der Waals surface area contributed by atoms with E-state index in [0.29, 0.717) is 12.7 Å². The van der Waals surface area contributed by atoms with Gasteiger partial charge in [-0.05, 0) is 0 Å². The standard InChI is InChI=1S/C4H8O/c1-3-4-5-2/h3H,1,4H2,2H3/i3D. The molecule has 0 aromatic rings. The van der Waals surface area contributed by atoms with E-state index in [0.717, 1.165) is 0 Å². The molecule has 0 saturated carbocycles. The lowest BCUT2D eigenvalue weighted by atomic mass is 10.7. The molecule has 0 bridgehead atoms. The smallest absolute Gasteiger partial charge is 0.0641 e. The van der Waals surface area contributed by atoms with Gasteiger partial charge in [0.2, 0.25) is 0 Å². The Morgan fingerprint density at radius 1 is 2.40 bits per heavy atom. The Kier molecular flexibility index (Phi) is 2.16. The van der Waals surface area contributed by atoms with E-state index in [-0.39, 0.29) is 0 Å². The van der Waals surface area contributed by atoms with E-state index in [1.807, 2.05) is 0 Å². The lowest BCUT2D eigenvalue weighted by Crippen LogP contribution is -1.76. The monoisotopic (exact) mass is 73.1 g/mol. The van der Waals surface area contributed by atoms with Gasteiger partial charge >= 0.3 is 0 Å². The minimum Gasteiger partial charge on any atom is -0.381 e. The second-order valence-corrected chi connectivity index (χ2v) is 0.683. The highest BCUT2D eigenvalue weighted by atomic mass is 16.5. The summed E-state index contributed by atoms with van der Waals surface area (Å²) >= 11 is 0. The van der Waals surface area contributed by atoms with Crippen LogP contribution in [0.4, 0.5) is 0 Å². The number of hydrogen-bond acceptors (Lipinski definition) is 1. The summed E-state index contributed by atoms with van der Waals surface area (Å²) in [5.41, 5.74) is 0. The highest BCUT2D eigenvalue weighted by Crippen LogP contribution is 1.60. The molecule has 0 spiro atoms. The molecule has 0 N–H and O–H groups in total. The van der Waals surface area contributed by atoms with Crippen LogP contribution >= 0.6 is 0 Å². The molecule has 0 aliphatic heterocycles. The van der Waals surface area contributed by atoms with E-state index in [1.54, 1.807) is 7.11 Å². The second kappa shape index (κ2) is 3.70. The first-order chi connectivity index (χ1) is 2.77. The van der Waals surface area contributed by atoms with Crippen LogP contribution in [0.1, 0.15) is 1.37 Å². The van der Waals surface area contributed by atoms with Crippen LogP contribution in [0.2, 0.25) is 0 Å². The van der Waals surface area contributed by atoms with Crippen LogP contribution < -0.4 is 0 Å². The lowest BCUT2D eigenvalue weighted by molar-refractivity contribution is 0.234.